The molecule has 14 heavy (non-hydrogen) atoms. The zero-order valence-electron chi connectivity index (χ0n) is 9.29. The van der Waals surface area contributed by atoms with Gasteiger partial charge in [0.2, 0.25) is 0 Å². The van der Waals surface area contributed by atoms with Crippen molar-refractivity contribution >= 4 is 9.84 Å². The van der Waals surface area contributed by atoms with Crippen molar-refractivity contribution in [3.05, 3.63) is 0 Å². The minimum Gasteiger partial charge on any atom is -0.317 e. The van der Waals surface area contributed by atoms with Crippen molar-refractivity contribution in [3.8, 4) is 0 Å². The monoisotopic (exact) mass is 219 g/mol. The van der Waals surface area contributed by atoms with Crippen molar-refractivity contribution in [2.75, 3.05) is 7.05 Å². The van der Waals surface area contributed by atoms with Crippen LogP contribution in [0.3, 0.4) is 0 Å². The van der Waals surface area contributed by atoms with Crippen molar-refractivity contribution in [1.29, 1.82) is 0 Å². The van der Waals surface area contributed by atoms with Crippen molar-refractivity contribution in [1.82, 2.24) is 5.32 Å². The molecule has 0 aromatic rings. The Morgan fingerprint density at radius 2 is 1.93 bits per heavy atom. The van der Waals surface area contributed by atoms with Crippen LogP contribution >= 0.6 is 0 Å². The molecule has 84 valence electrons. The maximum absolute atomic E-state index is 11.9. The summed E-state index contributed by atoms with van der Waals surface area (Å²) < 4.78 is 23.8. The summed E-state index contributed by atoms with van der Waals surface area (Å²) in [6.45, 7) is 3.55. The summed E-state index contributed by atoms with van der Waals surface area (Å²) in [5.41, 5.74) is 0. The van der Waals surface area contributed by atoms with Crippen LogP contribution in [-0.2, 0) is 9.84 Å². The van der Waals surface area contributed by atoms with Gasteiger partial charge in [-0.2, -0.15) is 0 Å². The molecule has 0 saturated heterocycles. The third-order valence-corrected chi connectivity index (χ3v) is 5.83. The molecule has 0 radical (unpaired) electrons. The molecule has 3 nitrogen and oxygen atoms in total. The van der Waals surface area contributed by atoms with E-state index in [9.17, 15) is 8.42 Å². The molecule has 0 spiro atoms. The largest absolute Gasteiger partial charge is 0.317 e. The Labute approximate surface area is 87.2 Å². The predicted molar refractivity (Wildman–Crippen MR) is 59.2 cm³/mol. The van der Waals surface area contributed by atoms with Crippen molar-refractivity contribution in [2.45, 2.75) is 56.1 Å². The van der Waals surface area contributed by atoms with Gasteiger partial charge in [-0.1, -0.05) is 6.42 Å². The Morgan fingerprint density at radius 1 is 1.29 bits per heavy atom. The first kappa shape index (κ1) is 12.0. The highest BCUT2D eigenvalue weighted by molar-refractivity contribution is 7.92. The fourth-order valence-electron chi connectivity index (χ4n) is 2.09. The molecule has 2 atom stereocenters. The van der Waals surface area contributed by atoms with E-state index in [0.717, 1.165) is 25.7 Å². The molecule has 2 unspecified atom stereocenters. The van der Waals surface area contributed by atoms with Gasteiger partial charge < -0.3 is 5.32 Å². The van der Waals surface area contributed by atoms with Crippen LogP contribution in [-0.4, -0.2) is 32.0 Å². The second kappa shape index (κ2) is 4.62. The minimum absolute atomic E-state index is 0.117. The van der Waals surface area contributed by atoms with Crippen molar-refractivity contribution < 1.29 is 8.42 Å². The Balaban J connectivity index is 2.69. The molecule has 1 rings (SSSR count). The van der Waals surface area contributed by atoms with E-state index < -0.39 is 9.84 Å². The standard InChI is InChI=1S/C10H21NO2S/c1-8(2)14(12,13)10-6-4-5-9(7-10)11-3/h8-11H,4-7H2,1-3H3. The quantitative estimate of drug-likeness (QED) is 0.779. The maximum Gasteiger partial charge on any atom is 0.155 e. The molecule has 0 aliphatic heterocycles. The molecule has 0 aromatic carbocycles. The lowest BCUT2D eigenvalue weighted by molar-refractivity contribution is 0.389. The molecular weight excluding hydrogens is 198 g/mol. The Kier molecular flexibility index (Phi) is 3.95. The maximum atomic E-state index is 11.9. The predicted octanol–water partition coefficient (Wildman–Crippen LogP) is 1.34. The summed E-state index contributed by atoms with van der Waals surface area (Å²) in [5.74, 6) is 0. The molecule has 1 aliphatic rings. The summed E-state index contributed by atoms with van der Waals surface area (Å²) in [6.07, 6.45) is 3.78. The van der Waals surface area contributed by atoms with E-state index in [1.807, 2.05) is 7.05 Å². The van der Waals surface area contributed by atoms with Crippen LogP contribution in [0.5, 0.6) is 0 Å². The zero-order valence-corrected chi connectivity index (χ0v) is 10.1. The van der Waals surface area contributed by atoms with Crippen LogP contribution in [0.1, 0.15) is 39.5 Å². The van der Waals surface area contributed by atoms with Gasteiger partial charge in [-0.05, 0) is 40.2 Å². The summed E-state index contributed by atoms with van der Waals surface area (Å²) in [7, 11) is -0.971. The Morgan fingerprint density at radius 3 is 2.43 bits per heavy atom. The first-order valence-corrected chi connectivity index (χ1v) is 6.99. The third-order valence-electron chi connectivity index (χ3n) is 3.16. The lowest BCUT2D eigenvalue weighted by Gasteiger charge is -2.29. The summed E-state index contributed by atoms with van der Waals surface area (Å²) in [5, 5.41) is 2.83. The molecule has 1 N–H and O–H groups in total. The normalized spacial score (nSPS) is 29.4. The number of hydrogen-bond acceptors (Lipinski definition) is 3. The molecule has 0 amide bonds. The lowest BCUT2D eigenvalue weighted by Crippen LogP contribution is -2.39. The zero-order chi connectivity index (χ0) is 10.8. The summed E-state index contributed by atoms with van der Waals surface area (Å²) in [6, 6.07) is 0.391. The van der Waals surface area contributed by atoms with E-state index in [1.54, 1.807) is 13.8 Å². The van der Waals surface area contributed by atoms with Crippen LogP contribution in [0.25, 0.3) is 0 Å². The van der Waals surface area contributed by atoms with E-state index in [-0.39, 0.29) is 10.5 Å². The van der Waals surface area contributed by atoms with Gasteiger partial charge in [0.15, 0.2) is 9.84 Å². The average Bonchev–Trinajstić information content (AvgIpc) is 2.17. The number of hydrogen-bond donors (Lipinski definition) is 1. The Hall–Kier alpha value is -0.0900. The van der Waals surface area contributed by atoms with Crippen LogP contribution in [0.4, 0.5) is 0 Å². The molecule has 0 aromatic heterocycles. The van der Waals surface area contributed by atoms with Gasteiger partial charge in [-0.3, -0.25) is 0 Å². The number of nitrogens with one attached hydrogen (secondary N) is 1. The summed E-state index contributed by atoms with van der Waals surface area (Å²) >= 11 is 0. The van der Waals surface area contributed by atoms with Crippen molar-refractivity contribution in [3.63, 3.8) is 0 Å². The van der Waals surface area contributed by atoms with E-state index in [1.165, 1.54) is 0 Å². The third kappa shape index (κ3) is 2.48. The van der Waals surface area contributed by atoms with Crippen LogP contribution in [0.15, 0.2) is 0 Å². The van der Waals surface area contributed by atoms with Crippen LogP contribution in [0, 0.1) is 0 Å². The minimum atomic E-state index is -2.88. The van der Waals surface area contributed by atoms with Gasteiger partial charge in [0.25, 0.3) is 0 Å². The number of sulfone groups is 1. The van der Waals surface area contributed by atoms with Gasteiger partial charge >= 0.3 is 0 Å². The Bertz CT molecular complexity index is 272. The first-order chi connectivity index (χ1) is 6.48. The molecule has 0 heterocycles. The second-order valence-corrected chi connectivity index (χ2v) is 7.20. The highest BCUT2D eigenvalue weighted by Crippen LogP contribution is 2.26. The van der Waals surface area contributed by atoms with Gasteiger partial charge in [0, 0.05) is 6.04 Å². The van der Waals surface area contributed by atoms with E-state index in [2.05, 4.69) is 5.32 Å². The molecule has 0 bridgehead atoms. The van der Waals surface area contributed by atoms with Gasteiger partial charge in [0.1, 0.15) is 0 Å². The number of rotatable bonds is 3. The SMILES string of the molecule is CNC1CCCC(S(=O)(=O)C(C)C)C1. The highest BCUT2D eigenvalue weighted by atomic mass is 32.2. The fourth-order valence-corrected chi connectivity index (χ4v) is 3.86. The summed E-state index contributed by atoms with van der Waals surface area (Å²) in [4.78, 5) is 0. The lowest BCUT2D eigenvalue weighted by atomic mass is 9.95. The van der Waals surface area contributed by atoms with Gasteiger partial charge in [-0.15, -0.1) is 0 Å². The molecule has 4 heteroatoms. The topological polar surface area (TPSA) is 46.2 Å². The molecular formula is C10H21NO2S. The second-order valence-electron chi connectivity index (χ2n) is 4.41. The highest BCUT2D eigenvalue weighted by Gasteiger charge is 2.32. The molecule has 1 fully saturated rings. The molecule has 1 saturated carbocycles. The van der Waals surface area contributed by atoms with Gasteiger partial charge in [-0.25, -0.2) is 8.42 Å². The molecule has 1 aliphatic carbocycles. The van der Waals surface area contributed by atoms with Crippen LogP contribution < -0.4 is 5.32 Å². The van der Waals surface area contributed by atoms with Crippen LogP contribution in [0.2, 0.25) is 0 Å². The smallest absolute Gasteiger partial charge is 0.155 e. The van der Waals surface area contributed by atoms with E-state index >= 15 is 0 Å². The van der Waals surface area contributed by atoms with E-state index in [4.69, 9.17) is 0 Å². The first-order valence-electron chi connectivity index (χ1n) is 5.38. The average molecular weight is 219 g/mol. The van der Waals surface area contributed by atoms with Crippen molar-refractivity contribution in [2.24, 2.45) is 0 Å². The van der Waals surface area contributed by atoms with Gasteiger partial charge in [0.05, 0.1) is 10.5 Å². The fraction of sp³-hybridized carbons (Fsp3) is 1.00. The van der Waals surface area contributed by atoms with E-state index in [0.29, 0.717) is 6.04 Å².